The summed E-state index contributed by atoms with van der Waals surface area (Å²) < 4.78 is 30.9. The number of fused-ring (bicyclic) bond motifs is 1. The number of hydrogen-bond donors (Lipinski definition) is 1. The summed E-state index contributed by atoms with van der Waals surface area (Å²) in [7, 11) is 0. The predicted molar refractivity (Wildman–Crippen MR) is 125 cm³/mol. The molecule has 1 N–H and O–H groups in total. The number of furan rings is 1. The second kappa shape index (κ2) is 9.37. The molecule has 1 atom stereocenters. The van der Waals surface area contributed by atoms with Crippen LogP contribution in [0.4, 0.5) is 9.18 Å². The molecule has 1 aromatic heterocycles. The fraction of sp³-hybridized carbons (Fsp3) is 0.385. The second-order valence-electron chi connectivity index (χ2n) is 9.46. The first kappa shape index (κ1) is 23.6. The molecule has 0 bridgehead atoms. The van der Waals surface area contributed by atoms with Crippen LogP contribution in [-0.2, 0) is 11.3 Å². The first-order valence-electron chi connectivity index (χ1n) is 11.3. The Morgan fingerprint density at radius 2 is 1.97 bits per heavy atom. The Morgan fingerprint density at radius 3 is 2.71 bits per heavy atom. The number of hydrogen-bond acceptors (Lipinski definition) is 5. The summed E-state index contributed by atoms with van der Waals surface area (Å²) in [5.74, 6) is 0.377. The van der Waals surface area contributed by atoms with Crippen molar-refractivity contribution in [2.45, 2.75) is 52.4 Å². The number of ether oxygens (including phenoxy) is 2. The van der Waals surface area contributed by atoms with Crippen molar-refractivity contribution in [2.75, 3.05) is 13.1 Å². The Bertz CT molecular complexity index is 1210. The Labute approximate surface area is 197 Å². The predicted octanol–water partition coefficient (Wildman–Crippen LogP) is 5.20. The summed E-state index contributed by atoms with van der Waals surface area (Å²) in [6.45, 7) is 8.16. The summed E-state index contributed by atoms with van der Waals surface area (Å²) in [5.41, 5.74) is 0.849. The maximum Gasteiger partial charge on any atom is 0.410 e. The quantitative estimate of drug-likeness (QED) is 0.557. The monoisotopic (exact) mass is 468 g/mol. The minimum atomic E-state index is -0.572. The van der Waals surface area contributed by atoms with Gasteiger partial charge in [0.05, 0.1) is 5.56 Å². The molecule has 180 valence electrons. The van der Waals surface area contributed by atoms with Gasteiger partial charge >= 0.3 is 6.09 Å². The van der Waals surface area contributed by atoms with E-state index in [0.29, 0.717) is 53.1 Å². The van der Waals surface area contributed by atoms with Crippen LogP contribution in [-0.4, -0.2) is 41.6 Å². The van der Waals surface area contributed by atoms with E-state index in [1.165, 1.54) is 6.07 Å². The molecule has 34 heavy (non-hydrogen) atoms. The molecule has 8 heteroatoms. The van der Waals surface area contributed by atoms with Crippen molar-refractivity contribution in [3.05, 3.63) is 65.2 Å². The summed E-state index contributed by atoms with van der Waals surface area (Å²) in [6.07, 6.45) is 0.252. The van der Waals surface area contributed by atoms with E-state index in [1.54, 1.807) is 48.2 Å². The van der Waals surface area contributed by atoms with Gasteiger partial charge in [-0.3, -0.25) is 4.79 Å². The van der Waals surface area contributed by atoms with Crippen LogP contribution in [0.5, 0.6) is 5.75 Å². The van der Waals surface area contributed by atoms with Crippen molar-refractivity contribution in [1.82, 2.24) is 10.2 Å². The zero-order valence-electron chi connectivity index (χ0n) is 19.8. The lowest BCUT2D eigenvalue weighted by atomic mass is 10.1. The Kier molecular flexibility index (Phi) is 6.50. The van der Waals surface area contributed by atoms with E-state index in [2.05, 4.69) is 5.32 Å². The first-order chi connectivity index (χ1) is 16.1. The lowest BCUT2D eigenvalue weighted by molar-refractivity contribution is 0.0290. The van der Waals surface area contributed by atoms with Crippen molar-refractivity contribution >= 4 is 23.0 Å². The van der Waals surface area contributed by atoms with Gasteiger partial charge in [-0.2, -0.15) is 0 Å². The smallest absolute Gasteiger partial charge is 0.410 e. The van der Waals surface area contributed by atoms with Gasteiger partial charge in [0.25, 0.3) is 5.91 Å². The maximum atomic E-state index is 13.9. The molecule has 1 aliphatic rings. The van der Waals surface area contributed by atoms with Crippen LogP contribution in [0.1, 0.15) is 48.9 Å². The highest BCUT2D eigenvalue weighted by Gasteiger charge is 2.31. The minimum absolute atomic E-state index is 0.0686. The molecular weight excluding hydrogens is 439 g/mol. The topological polar surface area (TPSA) is 81.0 Å². The van der Waals surface area contributed by atoms with Crippen LogP contribution in [0.25, 0.3) is 11.0 Å². The summed E-state index contributed by atoms with van der Waals surface area (Å²) in [4.78, 5) is 27.1. The third-order valence-electron chi connectivity index (χ3n) is 5.59. The number of carbonyl (C=O) groups excluding carboxylic acids is 2. The minimum Gasteiger partial charge on any atom is -0.489 e. The van der Waals surface area contributed by atoms with Gasteiger partial charge in [0.2, 0.25) is 0 Å². The van der Waals surface area contributed by atoms with E-state index in [-0.39, 0.29) is 30.5 Å². The summed E-state index contributed by atoms with van der Waals surface area (Å²) in [6, 6.07) is 11.4. The van der Waals surface area contributed by atoms with Crippen LogP contribution >= 0.6 is 0 Å². The molecule has 0 unspecified atom stereocenters. The number of amides is 2. The van der Waals surface area contributed by atoms with Crippen LogP contribution in [0, 0.1) is 12.7 Å². The van der Waals surface area contributed by atoms with E-state index >= 15 is 0 Å². The number of likely N-dealkylation sites (tertiary alicyclic amines) is 1. The van der Waals surface area contributed by atoms with Crippen LogP contribution in [0.15, 0.2) is 46.9 Å². The Hall–Kier alpha value is -3.55. The maximum absolute atomic E-state index is 13.9. The van der Waals surface area contributed by atoms with E-state index in [0.717, 1.165) is 0 Å². The van der Waals surface area contributed by atoms with Crippen molar-refractivity contribution in [2.24, 2.45) is 0 Å². The number of nitrogens with zero attached hydrogens (tertiary/aromatic N) is 1. The second-order valence-corrected chi connectivity index (χ2v) is 9.46. The van der Waals surface area contributed by atoms with Gasteiger partial charge in [-0.25, -0.2) is 9.18 Å². The van der Waals surface area contributed by atoms with E-state index in [9.17, 15) is 14.0 Å². The molecule has 1 fully saturated rings. The molecule has 2 heterocycles. The number of benzene rings is 2. The van der Waals surface area contributed by atoms with Gasteiger partial charge in [0, 0.05) is 30.1 Å². The van der Waals surface area contributed by atoms with Crippen molar-refractivity contribution < 1.29 is 27.9 Å². The molecule has 1 saturated heterocycles. The third kappa shape index (κ3) is 5.32. The molecule has 1 aliphatic heterocycles. The lowest BCUT2D eigenvalue weighted by Crippen LogP contribution is -2.40. The number of rotatable bonds is 5. The van der Waals surface area contributed by atoms with Gasteiger partial charge in [0.1, 0.15) is 35.1 Å². The van der Waals surface area contributed by atoms with Crippen molar-refractivity contribution in [1.29, 1.82) is 0 Å². The van der Waals surface area contributed by atoms with Gasteiger partial charge in [-0.15, -0.1) is 0 Å². The zero-order valence-corrected chi connectivity index (χ0v) is 19.8. The SMILES string of the molecule is Cc1oc2ccc(OCc3ccccc3F)cc2c1C(=O)N[C@@H]1CCN(C(=O)OC(C)(C)C)C1. The average Bonchev–Trinajstić information content (AvgIpc) is 3.35. The first-order valence-corrected chi connectivity index (χ1v) is 11.3. The van der Waals surface area contributed by atoms with Crippen molar-refractivity contribution in [3.8, 4) is 5.75 Å². The molecule has 3 aromatic rings. The highest BCUT2D eigenvalue weighted by atomic mass is 19.1. The molecule has 2 aromatic carbocycles. The van der Waals surface area contributed by atoms with E-state index in [1.807, 2.05) is 20.8 Å². The molecule has 2 amide bonds. The highest BCUT2D eigenvalue weighted by molar-refractivity contribution is 6.07. The fourth-order valence-corrected chi connectivity index (χ4v) is 3.98. The molecule has 4 rings (SSSR count). The number of nitrogens with one attached hydrogen (secondary N) is 1. The van der Waals surface area contributed by atoms with Crippen LogP contribution in [0.3, 0.4) is 0 Å². The summed E-state index contributed by atoms with van der Waals surface area (Å²) >= 11 is 0. The molecular formula is C26H29FN2O5. The normalized spacial score (nSPS) is 16.0. The van der Waals surface area contributed by atoms with E-state index in [4.69, 9.17) is 13.9 Å². The van der Waals surface area contributed by atoms with Crippen LogP contribution < -0.4 is 10.1 Å². The zero-order chi connectivity index (χ0) is 24.5. The number of carbonyl (C=O) groups is 2. The van der Waals surface area contributed by atoms with Gasteiger partial charge in [-0.05, 0) is 58.4 Å². The molecule has 0 radical (unpaired) electrons. The highest BCUT2D eigenvalue weighted by Crippen LogP contribution is 2.30. The molecule has 0 saturated carbocycles. The number of halogens is 1. The molecule has 7 nitrogen and oxygen atoms in total. The molecule has 0 spiro atoms. The van der Waals surface area contributed by atoms with Crippen molar-refractivity contribution in [3.63, 3.8) is 0 Å². The Morgan fingerprint density at radius 1 is 1.21 bits per heavy atom. The average molecular weight is 469 g/mol. The van der Waals surface area contributed by atoms with Gasteiger partial charge in [-0.1, -0.05) is 18.2 Å². The Balaban J connectivity index is 1.45. The standard InChI is InChI=1S/C26H29FN2O5/c1-16-23(24(30)28-18-11-12-29(14-18)25(31)34-26(2,3)4)20-13-19(9-10-22(20)33-16)32-15-17-7-5-6-8-21(17)27/h5-10,13,18H,11-12,14-15H2,1-4H3,(H,28,30)/t18-/m1/s1. The number of aryl methyl sites for hydroxylation is 1. The van der Waals surface area contributed by atoms with E-state index < -0.39 is 5.60 Å². The third-order valence-corrected chi connectivity index (χ3v) is 5.59. The van der Waals surface area contributed by atoms with Gasteiger partial charge < -0.3 is 24.1 Å². The fourth-order valence-electron chi connectivity index (χ4n) is 3.98. The van der Waals surface area contributed by atoms with Gasteiger partial charge in [0.15, 0.2) is 0 Å². The lowest BCUT2D eigenvalue weighted by Gasteiger charge is -2.24. The summed E-state index contributed by atoms with van der Waals surface area (Å²) in [5, 5.41) is 3.62. The largest absolute Gasteiger partial charge is 0.489 e. The molecule has 0 aliphatic carbocycles. The van der Waals surface area contributed by atoms with Crippen LogP contribution in [0.2, 0.25) is 0 Å².